The van der Waals surface area contributed by atoms with Crippen molar-refractivity contribution in [2.75, 3.05) is 6.54 Å². The Balaban J connectivity index is 1.82. The van der Waals surface area contributed by atoms with Gasteiger partial charge in [0, 0.05) is 30.1 Å². The Bertz CT molecular complexity index is 1350. The van der Waals surface area contributed by atoms with Crippen molar-refractivity contribution < 1.29 is 39.9 Å². The molecule has 1 saturated heterocycles. The number of unbranched alkanes of at least 4 members (excludes halogenated alkanes) is 1. The van der Waals surface area contributed by atoms with Gasteiger partial charge in [-0.2, -0.15) is 17.5 Å². The molecule has 0 aromatic heterocycles. The lowest BCUT2D eigenvalue weighted by Gasteiger charge is -2.22. The summed E-state index contributed by atoms with van der Waals surface area (Å²) >= 11 is 5.86. The van der Waals surface area contributed by atoms with Crippen molar-refractivity contribution >= 4 is 37.6 Å². The molecule has 2 aromatic carbocycles. The first kappa shape index (κ1) is 29.1. The summed E-state index contributed by atoms with van der Waals surface area (Å²) in [6.45, 7) is -0.227. The largest absolute Gasteiger partial charge is 0.481 e. The SMILES string of the molecule is O=C(O)CCCC=CC1CC(NS(=O)(=O)c2ccc(C(F)(F)F)cc2)CN1S(=O)(=O)c1ccc(Cl)cc1. The van der Waals surface area contributed by atoms with Gasteiger partial charge in [-0.25, -0.2) is 21.6 Å². The van der Waals surface area contributed by atoms with Crippen molar-refractivity contribution in [2.45, 2.75) is 53.7 Å². The van der Waals surface area contributed by atoms with E-state index in [4.69, 9.17) is 16.7 Å². The molecule has 1 fully saturated rings. The van der Waals surface area contributed by atoms with E-state index >= 15 is 0 Å². The van der Waals surface area contributed by atoms with E-state index in [0.29, 0.717) is 30.0 Å². The van der Waals surface area contributed by atoms with Gasteiger partial charge in [0.2, 0.25) is 20.0 Å². The average molecular weight is 581 g/mol. The minimum absolute atomic E-state index is 0.0487. The normalized spacial score (nSPS) is 19.5. The molecule has 2 unspecified atom stereocenters. The number of carboxylic acids is 1. The Morgan fingerprint density at radius 1 is 1.05 bits per heavy atom. The molecule has 1 heterocycles. The van der Waals surface area contributed by atoms with E-state index in [0.717, 1.165) is 16.4 Å². The number of sulfonamides is 2. The van der Waals surface area contributed by atoms with E-state index in [1.54, 1.807) is 12.2 Å². The number of rotatable bonds is 10. The Hall–Kier alpha value is -2.45. The number of nitrogens with zero attached hydrogens (tertiary/aromatic N) is 1. The predicted octanol–water partition coefficient (Wildman–Crippen LogP) is 4.28. The van der Waals surface area contributed by atoms with Crippen LogP contribution >= 0.6 is 11.6 Å². The van der Waals surface area contributed by atoms with Gasteiger partial charge in [-0.15, -0.1) is 0 Å². The second-order valence-electron chi connectivity index (χ2n) is 8.39. The van der Waals surface area contributed by atoms with Gasteiger partial charge >= 0.3 is 12.1 Å². The zero-order valence-corrected chi connectivity index (χ0v) is 21.6. The number of nitrogens with one attached hydrogen (secondary N) is 1. The van der Waals surface area contributed by atoms with Crippen LogP contribution in [-0.2, 0) is 31.0 Å². The van der Waals surface area contributed by atoms with Crippen LogP contribution in [0.15, 0.2) is 70.5 Å². The average Bonchev–Trinajstić information content (AvgIpc) is 3.21. The molecule has 1 aliphatic heterocycles. The molecular formula is C23H24ClF3N2O6S2. The number of carbonyl (C=O) groups is 1. The predicted molar refractivity (Wildman–Crippen MR) is 130 cm³/mol. The number of benzene rings is 2. The molecule has 202 valence electrons. The molecule has 0 bridgehead atoms. The number of hydrogen-bond acceptors (Lipinski definition) is 5. The lowest BCUT2D eigenvalue weighted by atomic mass is 10.1. The number of carboxylic acid groups (broad SMARTS) is 1. The Labute approximate surface area is 217 Å². The first-order valence-electron chi connectivity index (χ1n) is 11.1. The maximum absolute atomic E-state index is 13.3. The van der Waals surface area contributed by atoms with Crippen molar-refractivity contribution in [2.24, 2.45) is 0 Å². The standard InChI is InChI=1S/C23H24ClF3N2O6S2/c24-17-8-12-21(13-9-17)37(34,35)29-15-18(14-19(29)4-2-1-3-5-22(30)31)28-36(32,33)20-10-6-16(7-11-20)23(25,26)27/h2,4,6-13,18-19,28H,1,3,5,14-15H2,(H,30,31). The summed E-state index contributed by atoms with van der Waals surface area (Å²) in [6.07, 6.45) is -0.681. The zero-order chi connectivity index (χ0) is 27.4. The number of alkyl halides is 3. The first-order chi connectivity index (χ1) is 17.2. The topological polar surface area (TPSA) is 121 Å². The van der Waals surface area contributed by atoms with Gasteiger partial charge in [0.25, 0.3) is 0 Å². The molecular weight excluding hydrogens is 557 g/mol. The maximum atomic E-state index is 13.3. The third-order valence-electron chi connectivity index (χ3n) is 5.65. The van der Waals surface area contributed by atoms with Crippen molar-refractivity contribution in [3.63, 3.8) is 0 Å². The smallest absolute Gasteiger partial charge is 0.416 e. The fraction of sp³-hybridized carbons (Fsp3) is 0.348. The van der Waals surface area contributed by atoms with Crippen molar-refractivity contribution in [3.8, 4) is 0 Å². The van der Waals surface area contributed by atoms with Gasteiger partial charge in [0.05, 0.1) is 15.4 Å². The monoisotopic (exact) mass is 580 g/mol. The van der Waals surface area contributed by atoms with Crippen molar-refractivity contribution in [1.29, 1.82) is 0 Å². The summed E-state index contributed by atoms with van der Waals surface area (Å²) in [5, 5.41) is 9.10. The van der Waals surface area contributed by atoms with Crippen LogP contribution in [0.2, 0.25) is 5.02 Å². The van der Waals surface area contributed by atoms with Gasteiger partial charge in [0.15, 0.2) is 0 Å². The Morgan fingerprint density at radius 3 is 2.22 bits per heavy atom. The zero-order valence-electron chi connectivity index (χ0n) is 19.2. The summed E-state index contributed by atoms with van der Waals surface area (Å²) in [7, 11) is -8.32. The molecule has 2 atom stereocenters. The van der Waals surface area contributed by atoms with Crippen molar-refractivity contribution in [3.05, 3.63) is 71.3 Å². The molecule has 0 radical (unpaired) electrons. The van der Waals surface area contributed by atoms with Crippen LogP contribution in [0.3, 0.4) is 0 Å². The van der Waals surface area contributed by atoms with Gasteiger partial charge in [-0.3, -0.25) is 4.79 Å². The minimum atomic E-state index is -4.62. The molecule has 3 rings (SSSR count). The fourth-order valence-electron chi connectivity index (χ4n) is 3.85. The van der Waals surface area contributed by atoms with Crippen LogP contribution in [0, 0.1) is 0 Å². The molecule has 0 aliphatic carbocycles. The molecule has 37 heavy (non-hydrogen) atoms. The van der Waals surface area contributed by atoms with E-state index < -0.39 is 49.8 Å². The van der Waals surface area contributed by atoms with Crippen LogP contribution in [0.25, 0.3) is 0 Å². The summed E-state index contributed by atoms with van der Waals surface area (Å²) in [6, 6.07) is 6.83. The summed E-state index contributed by atoms with van der Waals surface area (Å²) < 4.78 is 94.3. The van der Waals surface area contributed by atoms with E-state index in [-0.39, 0.29) is 29.2 Å². The molecule has 0 saturated carbocycles. The fourth-order valence-corrected chi connectivity index (χ4v) is 6.86. The highest BCUT2D eigenvalue weighted by Gasteiger charge is 2.40. The highest BCUT2D eigenvalue weighted by Crippen LogP contribution is 2.31. The highest BCUT2D eigenvalue weighted by atomic mass is 35.5. The lowest BCUT2D eigenvalue weighted by molar-refractivity contribution is -0.138. The third-order valence-corrected chi connectivity index (χ3v) is 9.34. The molecule has 14 heteroatoms. The molecule has 0 spiro atoms. The number of halogens is 4. The van der Waals surface area contributed by atoms with Crippen LogP contribution in [0.4, 0.5) is 13.2 Å². The lowest BCUT2D eigenvalue weighted by Crippen LogP contribution is -2.39. The number of aliphatic carboxylic acids is 1. The maximum Gasteiger partial charge on any atom is 0.416 e. The Kier molecular flexibility index (Phi) is 9.06. The van der Waals surface area contributed by atoms with E-state index in [1.807, 2.05) is 0 Å². The van der Waals surface area contributed by atoms with Crippen LogP contribution in [0.5, 0.6) is 0 Å². The van der Waals surface area contributed by atoms with Gasteiger partial charge in [-0.1, -0.05) is 23.8 Å². The number of allylic oxidation sites excluding steroid dienone is 1. The van der Waals surface area contributed by atoms with Gasteiger partial charge in [-0.05, 0) is 67.8 Å². The van der Waals surface area contributed by atoms with E-state index in [2.05, 4.69) is 4.72 Å². The summed E-state index contributed by atoms with van der Waals surface area (Å²) in [5.41, 5.74) is -0.999. The molecule has 0 amide bonds. The molecule has 8 nitrogen and oxygen atoms in total. The second kappa shape index (κ2) is 11.5. The third kappa shape index (κ3) is 7.54. The Morgan fingerprint density at radius 2 is 1.65 bits per heavy atom. The van der Waals surface area contributed by atoms with Crippen LogP contribution in [-0.4, -0.2) is 50.8 Å². The minimum Gasteiger partial charge on any atom is -0.481 e. The summed E-state index contributed by atoms with van der Waals surface area (Å²) in [4.78, 5) is 10.3. The molecule has 1 aliphatic rings. The van der Waals surface area contributed by atoms with Gasteiger partial charge < -0.3 is 5.11 Å². The van der Waals surface area contributed by atoms with E-state index in [9.17, 15) is 34.8 Å². The van der Waals surface area contributed by atoms with Crippen molar-refractivity contribution in [1.82, 2.24) is 9.03 Å². The van der Waals surface area contributed by atoms with Crippen LogP contribution in [0.1, 0.15) is 31.2 Å². The number of hydrogen-bond donors (Lipinski definition) is 2. The van der Waals surface area contributed by atoms with Crippen LogP contribution < -0.4 is 4.72 Å². The molecule has 2 N–H and O–H groups in total. The summed E-state index contributed by atoms with van der Waals surface area (Å²) in [5.74, 6) is -0.959. The quantitative estimate of drug-likeness (QED) is 0.320. The highest BCUT2D eigenvalue weighted by molar-refractivity contribution is 7.89. The molecule has 2 aromatic rings. The first-order valence-corrected chi connectivity index (χ1v) is 14.4. The second-order valence-corrected chi connectivity index (χ2v) is 12.4. The van der Waals surface area contributed by atoms with E-state index in [1.165, 1.54) is 24.3 Å². The van der Waals surface area contributed by atoms with Gasteiger partial charge in [0.1, 0.15) is 0 Å².